The van der Waals surface area contributed by atoms with Crippen molar-refractivity contribution < 1.29 is 12.4 Å². The molecule has 1 aromatic carbocycles. The first-order valence-electron chi connectivity index (χ1n) is 11.9. The van der Waals surface area contributed by atoms with Crippen LogP contribution in [0.15, 0.2) is 54.5 Å². The normalized spacial score (nSPS) is 9.91. The number of amides is 1. The largest absolute Gasteiger partial charge is 0.379 e. The van der Waals surface area contributed by atoms with Crippen LogP contribution in [0, 0.1) is 12.3 Å². The fraction of sp³-hybridized carbons (Fsp3) is 0.464. The number of nitrogens with one attached hydrogen (secondary N) is 2. The number of thiazole rings is 1. The minimum atomic E-state index is -0.0129. The first-order chi connectivity index (χ1) is 16.1. The summed E-state index contributed by atoms with van der Waals surface area (Å²) in [7, 11) is 0. The number of rotatable bonds is 8. The molecule has 2 N–H and O–H groups in total. The van der Waals surface area contributed by atoms with E-state index in [1.54, 1.807) is 23.5 Å². The van der Waals surface area contributed by atoms with Crippen molar-refractivity contribution in [3.8, 4) is 0 Å². The van der Waals surface area contributed by atoms with Crippen LogP contribution in [0.1, 0.15) is 80.9 Å². The minimum absolute atomic E-state index is 0. The molecule has 0 aliphatic heterocycles. The van der Waals surface area contributed by atoms with Crippen molar-refractivity contribution in [2.75, 3.05) is 5.32 Å². The zero-order valence-corrected chi connectivity index (χ0v) is 23.4. The van der Waals surface area contributed by atoms with Gasteiger partial charge >= 0.3 is 0 Å². The Balaban J connectivity index is -0.000000262. The molecule has 5 nitrogen and oxygen atoms in total. The van der Waals surface area contributed by atoms with Gasteiger partial charge in [-0.1, -0.05) is 72.8 Å². The van der Waals surface area contributed by atoms with E-state index in [1.165, 1.54) is 6.92 Å². The number of aryl methyl sites for hydroxylation is 1. The van der Waals surface area contributed by atoms with Crippen LogP contribution in [0.3, 0.4) is 0 Å². The number of hydrogen-bond acceptors (Lipinski definition) is 5. The third kappa shape index (κ3) is 18.8. The maximum atomic E-state index is 10.9. The van der Waals surface area contributed by atoms with Crippen LogP contribution in [0.2, 0.25) is 0 Å². The van der Waals surface area contributed by atoms with Gasteiger partial charge in [0, 0.05) is 33.8 Å². The summed E-state index contributed by atoms with van der Waals surface area (Å²) in [4.78, 5) is 26.1. The van der Waals surface area contributed by atoms with Crippen molar-refractivity contribution in [1.29, 1.82) is 0 Å². The topological polar surface area (TPSA) is 71.1 Å². The molecule has 34 heavy (non-hydrogen) atoms. The summed E-state index contributed by atoms with van der Waals surface area (Å²) in [6.07, 6.45) is 5.60. The Labute approximate surface area is 214 Å². The molecule has 6 heteroatoms. The Morgan fingerprint density at radius 1 is 1.09 bits per heavy atom. The maximum absolute atomic E-state index is 10.9. The van der Waals surface area contributed by atoms with E-state index in [0.717, 1.165) is 28.5 Å². The van der Waals surface area contributed by atoms with Gasteiger partial charge in [0.05, 0.1) is 17.2 Å². The van der Waals surface area contributed by atoms with Gasteiger partial charge in [-0.05, 0) is 36.1 Å². The number of carbonyl (C=O) groups is 2. The van der Waals surface area contributed by atoms with Gasteiger partial charge in [-0.25, -0.2) is 4.98 Å². The smallest absolute Gasteiger partial charge is 0.217 e. The number of hydrogen-bond donors (Lipinski definition) is 2. The molecule has 2 aromatic rings. The van der Waals surface area contributed by atoms with Gasteiger partial charge in [0.15, 0.2) is 5.78 Å². The summed E-state index contributed by atoms with van der Waals surface area (Å²) >= 11 is 1.66. The molecule has 1 amide bonds. The van der Waals surface area contributed by atoms with Gasteiger partial charge in [-0.2, -0.15) is 0 Å². The molecular weight excluding hydrogens is 442 g/mol. The van der Waals surface area contributed by atoms with Crippen LogP contribution in [0.4, 0.5) is 5.69 Å². The Morgan fingerprint density at radius 3 is 2.12 bits per heavy atom. The van der Waals surface area contributed by atoms with Crippen molar-refractivity contribution in [2.45, 2.75) is 81.8 Å². The number of ketones is 1. The predicted molar refractivity (Wildman–Crippen MR) is 153 cm³/mol. The van der Waals surface area contributed by atoms with E-state index in [1.807, 2.05) is 65.0 Å². The van der Waals surface area contributed by atoms with E-state index in [2.05, 4.69) is 48.3 Å². The number of nitrogens with zero attached hydrogens (tertiary/aromatic N) is 1. The molecule has 0 atom stereocenters. The Morgan fingerprint density at radius 2 is 1.68 bits per heavy atom. The number of benzene rings is 1. The summed E-state index contributed by atoms with van der Waals surface area (Å²) < 4.78 is 0. The number of allylic oxidation sites excluding steroid dienone is 3. The van der Waals surface area contributed by atoms with Gasteiger partial charge in [0.1, 0.15) is 0 Å². The van der Waals surface area contributed by atoms with Gasteiger partial charge in [-0.3, -0.25) is 9.59 Å². The number of aromatic nitrogens is 1. The SMILES string of the molecule is C=CCC(=O)C=CC(C)(C)C.CC.CC.CC(=O)NCc1ccc(NCc2csc(C)n2)cc1.[HH].[HH]. The highest BCUT2D eigenvalue weighted by Crippen LogP contribution is 2.14. The van der Waals surface area contributed by atoms with Crippen molar-refractivity contribution in [1.82, 2.24) is 10.3 Å². The molecule has 194 valence electrons. The highest BCUT2D eigenvalue weighted by Gasteiger charge is 2.04. The summed E-state index contributed by atoms with van der Waals surface area (Å²) in [5, 5.41) is 9.25. The molecule has 1 heterocycles. The lowest BCUT2D eigenvalue weighted by atomic mass is 9.96. The number of anilines is 1. The van der Waals surface area contributed by atoms with Crippen LogP contribution in [-0.2, 0) is 22.7 Å². The minimum Gasteiger partial charge on any atom is -0.379 e. The van der Waals surface area contributed by atoms with Crippen LogP contribution in [0.25, 0.3) is 0 Å². The monoisotopic (exact) mass is 491 g/mol. The van der Waals surface area contributed by atoms with Crippen molar-refractivity contribution in [3.63, 3.8) is 0 Å². The Bertz CT molecular complexity index is 858. The lowest BCUT2D eigenvalue weighted by Gasteiger charge is -2.10. The van der Waals surface area contributed by atoms with E-state index < -0.39 is 0 Å². The molecule has 0 saturated heterocycles. The molecule has 0 spiro atoms. The molecular formula is C28H49N3O2S. The highest BCUT2D eigenvalue weighted by atomic mass is 32.1. The van der Waals surface area contributed by atoms with E-state index >= 15 is 0 Å². The Hall–Kier alpha value is -2.73. The van der Waals surface area contributed by atoms with E-state index in [4.69, 9.17) is 0 Å². The number of carbonyl (C=O) groups excluding carboxylic acids is 2. The predicted octanol–water partition coefficient (Wildman–Crippen LogP) is 7.98. The van der Waals surface area contributed by atoms with Gasteiger partial charge in [0.25, 0.3) is 0 Å². The van der Waals surface area contributed by atoms with E-state index in [-0.39, 0.29) is 20.0 Å². The zero-order valence-electron chi connectivity index (χ0n) is 22.6. The maximum Gasteiger partial charge on any atom is 0.217 e. The molecule has 0 radical (unpaired) electrons. The van der Waals surface area contributed by atoms with Gasteiger partial charge in [0.2, 0.25) is 5.91 Å². The molecule has 0 fully saturated rings. The highest BCUT2D eigenvalue weighted by molar-refractivity contribution is 7.09. The quantitative estimate of drug-likeness (QED) is 0.290. The summed E-state index contributed by atoms with van der Waals surface area (Å²) in [5.41, 5.74) is 3.30. The van der Waals surface area contributed by atoms with E-state index in [9.17, 15) is 9.59 Å². The zero-order chi connectivity index (χ0) is 26.6. The molecule has 0 unspecified atom stereocenters. The summed E-state index contributed by atoms with van der Waals surface area (Å²) in [5.74, 6) is 0.107. The van der Waals surface area contributed by atoms with E-state index in [0.29, 0.717) is 13.0 Å². The molecule has 0 saturated carbocycles. The fourth-order valence-corrected chi connectivity index (χ4v) is 2.81. The second kappa shape index (κ2) is 19.7. The third-order valence-corrected chi connectivity index (χ3v) is 4.57. The average Bonchev–Trinajstić information content (AvgIpc) is 3.23. The lowest BCUT2D eigenvalue weighted by Crippen LogP contribution is -2.18. The molecule has 1 aromatic heterocycles. The first kappa shape index (κ1) is 33.4. The van der Waals surface area contributed by atoms with Crippen LogP contribution >= 0.6 is 11.3 Å². The lowest BCUT2D eigenvalue weighted by molar-refractivity contribution is -0.119. The molecule has 2 rings (SSSR count). The van der Waals surface area contributed by atoms with Crippen molar-refractivity contribution in [3.05, 3.63) is 70.7 Å². The van der Waals surface area contributed by atoms with Crippen LogP contribution < -0.4 is 10.6 Å². The Kier molecular flexibility index (Phi) is 19.4. The molecule has 0 bridgehead atoms. The summed E-state index contributed by atoms with van der Waals surface area (Å²) in [6, 6.07) is 8.03. The van der Waals surface area contributed by atoms with Crippen LogP contribution in [-0.4, -0.2) is 16.7 Å². The first-order valence-corrected chi connectivity index (χ1v) is 12.8. The second-order valence-electron chi connectivity index (χ2n) is 7.98. The molecule has 0 aliphatic rings. The standard InChI is InChI=1S/C14H17N3OS.C10H16O.2C2H6.2H2/c1-10(18)15-7-12-3-5-13(6-4-12)16-8-14-9-19-11(2)17-14;1-5-6-9(11)7-8-10(2,3)4;2*1-2;;/h3-6,9,16H,7-8H2,1-2H3,(H,15,18);5,7-8H,1,6H2,2-4H3;2*1-2H3;2*1H. The average molecular weight is 492 g/mol. The third-order valence-electron chi connectivity index (χ3n) is 3.75. The van der Waals surface area contributed by atoms with Crippen LogP contribution in [0.5, 0.6) is 0 Å². The second-order valence-corrected chi connectivity index (χ2v) is 9.04. The summed E-state index contributed by atoms with van der Waals surface area (Å²) in [6.45, 7) is 22.5. The fourth-order valence-electron chi connectivity index (χ4n) is 2.20. The van der Waals surface area contributed by atoms with Gasteiger partial charge < -0.3 is 10.6 Å². The van der Waals surface area contributed by atoms with Crippen molar-refractivity contribution in [2.24, 2.45) is 5.41 Å². The van der Waals surface area contributed by atoms with Gasteiger partial charge in [-0.15, -0.1) is 17.9 Å². The van der Waals surface area contributed by atoms with Crippen molar-refractivity contribution >= 4 is 28.7 Å². The molecule has 0 aliphatic carbocycles.